The molecule has 3 N–H and O–H groups in total. The van der Waals surface area contributed by atoms with Crippen LogP contribution in [0.1, 0.15) is 36.3 Å². The van der Waals surface area contributed by atoms with Gasteiger partial charge in [0.1, 0.15) is 29.9 Å². The van der Waals surface area contributed by atoms with Crippen molar-refractivity contribution in [3.8, 4) is 0 Å². The van der Waals surface area contributed by atoms with Crippen molar-refractivity contribution in [1.82, 2.24) is 15.2 Å². The number of thioether (sulfide) groups is 1. The molecule has 2 aliphatic heterocycles. The Morgan fingerprint density at radius 2 is 1.75 bits per heavy atom. The molecule has 0 radical (unpaired) electrons. The van der Waals surface area contributed by atoms with Gasteiger partial charge in [-0.3, -0.25) is 14.5 Å². The van der Waals surface area contributed by atoms with E-state index < -0.39 is 47.4 Å². The minimum absolute atomic E-state index is 0.00350. The SMILES string of the molecule is CCC(OC(=O)C1=CCSC2C(NC(=O)/C(=N/OC)c3csc(N)n3)C(=O)N12)C(=O)OC(c1ccccc1)c1ccccc1. The maximum atomic E-state index is 13.3. The second-order valence-electron chi connectivity index (χ2n) is 9.61. The van der Waals surface area contributed by atoms with Crippen LogP contribution in [0.2, 0.25) is 0 Å². The number of rotatable bonds is 11. The predicted octanol–water partition coefficient (Wildman–Crippen LogP) is 3.01. The highest BCUT2D eigenvalue weighted by molar-refractivity contribution is 8.00. The number of hydrogen-bond donors (Lipinski definition) is 2. The van der Waals surface area contributed by atoms with Crippen molar-refractivity contribution < 1.29 is 33.5 Å². The van der Waals surface area contributed by atoms with Crippen LogP contribution in [0.25, 0.3) is 0 Å². The van der Waals surface area contributed by atoms with Gasteiger partial charge in [0, 0.05) is 11.1 Å². The fourth-order valence-electron chi connectivity index (χ4n) is 4.70. The van der Waals surface area contributed by atoms with Gasteiger partial charge in [-0.2, -0.15) is 0 Å². The summed E-state index contributed by atoms with van der Waals surface area (Å²) in [6.07, 6.45) is -0.205. The highest BCUT2D eigenvalue weighted by Crippen LogP contribution is 2.38. The number of anilines is 1. The number of nitrogen functional groups attached to an aromatic ring is 1. The van der Waals surface area contributed by atoms with Crippen LogP contribution < -0.4 is 11.1 Å². The highest BCUT2D eigenvalue weighted by atomic mass is 32.2. The number of nitrogens with two attached hydrogens (primary N) is 1. The molecule has 3 atom stereocenters. The number of benzene rings is 2. The molecule has 2 aliphatic rings. The van der Waals surface area contributed by atoms with E-state index in [9.17, 15) is 19.2 Å². The summed E-state index contributed by atoms with van der Waals surface area (Å²) < 4.78 is 11.5. The Bertz CT molecular complexity index is 1560. The number of carbonyl (C=O) groups excluding carboxylic acids is 4. The van der Waals surface area contributed by atoms with Crippen LogP contribution in [0, 0.1) is 0 Å². The predicted molar refractivity (Wildman–Crippen MR) is 164 cm³/mol. The molecule has 1 aromatic heterocycles. The number of β-lactam (4-membered cyclic amide) rings is 1. The maximum Gasteiger partial charge on any atom is 0.355 e. The summed E-state index contributed by atoms with van der Waals surface area (Å²) in [6.45, 7) is 1.70. The van der Waals surface area contributed by atoms with Gasteiger partial charge in [0.2, 0.25) is 0 Å². The molecule has 0 spiro atoms. The van der Waals surface area contributed by atoms with Crippen molar-refractivity contribution in [2.75, 3.05) is 18.6 Å². The third kappa shape index (κ3) is 6.45. The first-order valence-electron chi connectivity index (χ1n) is 13.6. The number of thiazole rings is 1. The zero-order valence-corrected chi connectivity index (χ0v) is 25.4. The van der Waals surface area contributed by atoms with E-state index in [0.29, 0.717) is 5.75 Å². The number of amides is 2. The van der Waals surface area contributed by atoms with Crippen molar-refractivity contribution in [3.05, 3.63) is 94.6 Å². The van der Waals surface area contributed by atoms with E-state index >= 15 is 0 Å². The molecule has 2 amide bonds. The summed E-state index contributed by atoms with van der Waals surface area (Å²) in [5.74, 6) is -2.38. The normalized spacial score (nSPS) is 18.4. The molecule has 0 bridgehead atoms. The monoisotopic (exact) mass is 635 g/mol. The lowest BCUT2D eigenvalue weighted by molar-refractivity contribution is -0.170. The fourth-order valence-corrected chi connectivity index (χ4v) is 6.44. The lowest BCUT2D eigenvalue weighted by atomic mass is 10.0. The number of fused-ring (bicyclic) bond motifs is 1. The molecule has 12 nitrogen and oxygen atoms in total. The Kier molecular flexibility index (Phi) is 9.60. The third-order valence-corrected chi connectivity index (χ3v) is 8.68. The average molecular weight is 636 g/mol. The van der Waals surface area contributed by atoms with Gasteiger partial charge >= 0.3 is 11.9 Å². The Morgan fingerprint density at radius 1 is 1.09 bits per heavy atom. The van der Waals surface area contributed by atoms with Gasteiger partial charge < -0.3 is 25.4 Å². The molecule has 1 fully saturated rings. The number of ether oxygens (including phenoxy) is 2. The van der Waals surface area contributed by atoms with Gasteiger partial charge in [0.15, 0.2) is 23.1 Å². The van der Waals surface area contributed by atoms with Crippen molar-refractivity contribution in [2.45, 2.75) is 37.0 Å². The summed E-state index contributed by atoms with van der Waals surface area (Å²) in [5, 5.41) is 7.60. The Morgan fingerprint density at radius 3 is 2.32 bits per heavy atom. The first-order chi connectivity index (χ1) is 21.3. The maximum absolute atomic E-state index is 13.3. The standard InChI is InChI=1S/C30H29N5O7S2/c1-3-21(29(39)42-24(17-10-6-4-7-11-17)18-12-8-5-9-13-18)41-28(38)20-14-15-43-27-23(26(37)35(20)27)33-25(36)22(34-40-2)19-16-44-30(31)32-19/h4-14,16,21,23-24,27H,3,15H2,1-2H3,(H2,31,32)(H,33,36)/b34-22+. The molecular weight excluding hydrogens is 606 g/mol. The molecule has 2 aromatic carbocycles. The van der Waals surface area contributed by atoms with Crippen LogP contribution in [0.15, 0.2) is 83.0 Å². The second kappa shape index (κ2) is 13.7. The summed E-state index contributed by atoms with van der Waals surface area (Å²) >= 11 is 2.48. The molecule has 3 aromatic rings. The number of carbonyl (C=O) groups is 4. The molecular formula is C30H29N5O7S2. The summed E-state index contributed by atoms with van der Waals surface area (Å²) in [5.41, 5.74) is 7.27. The van der Waals surface area contributed by atoms with Crippen LogP contribution in [0.3, 0.4) is 0 Å². The molecule has 44 heavy (non-hydrogen) atoms. The molecule has 14 heteroatoms. The van der Waals surface area contributed by atoms with E-state index in [0.717, 1.165) is 22.5 Å². The largest absolute Gasteiger partial charge is 0.450 e. The lowest BCUT2D eigenvalue weighted by Gasteiger charge is -2.48. The van der Waals surface area contributed by atoms with E-state index in [-0.39, 0.29) is 28.7 Å². The molecule has 0 aliphatic carbocycles. The van der Waals surface area contributed by atoms with Crippen LogP contribution in [0.4, 0.5) is 5.13 Å². The van der Waals surface area contributed by atoms with Gasteiger partial charge in [0.05, 0.1) is 0 Å². The zero-order chi connectivity index (χ0) is 31.2. The lowest BCUT2D eigenvalue weighted by Crippen LogP contribution is -2.70. The van der Waals surface area contributed by atoms with Crippen molar-refractivity contribution in [2.24, 2.45) is 5.16 Å². The topological polar surface area (TPSA) is 163 Å². The average Bonchev–Trinajstić information content (AvgIpc) is 3.49. The van der Waals surface area contributed by atoms with Crippen LogP contribution >= 0.6 is 23.1 Å². The van der Waals surface area contributed by atoms with Crippen LogP contribution in [-0.4, -0.2) is 69.7 Å². The highest BCUT2D eigenvalue weighted by Gasteiger charge is 2.53. The number of nitrogens with zero attached hydrogens (tertiary/aromatic N) is 3. The van der Waals surface area contributed by atoms with Gasteiger partial charge in [-0.1, -0.05) is 72.7 Å². The first kappa shape index (κ1) is 30.8. The minimum Gasteiger partial charge on any atom is -0.450 e. The van der Waals surface area contributed by atoms with Gasteiger partial charge in [-0.15, -0.1) is 23.1 Å². The van der Waals surface area contributed by atoms with Crippen LogP contribution in [0.5, 0.6) is 0 Å². The van der Waals surface area contributed by atoms with Crippen LogP contribution in [-0.2, 0) is 33.5 Å². The first-order valence-corrected chi connectivity index (χ1v) is 15.5. The molecule has 0 saturated carbocycles. The third-order valence-electron chi connectivity index (χ3n) is 6.83. The van der Waals surface area contributed by atoms with Gasteiger partial charge in [0.25, 0.3) is 11.8 Å². The van der Waals surface area contributed by atoms with E-state index in [1.807, 2.05) is 60.7 Å². The summed E-state index contributed by atoms with van der Waals surface area (Å²) in [4.78, 5) is 62.9. The molecule has 3 heterocycles. The minimum atomic E-state index is -1.21. The Hall–Kier alpha value is -4.69. The smallest absolute Gasteiger partial charge is 0.355 e. The molecule has 3 unspecified atom stereocenters. The quantitative estimate of drug-likeness (QED) is 0.139. The zero-order valence-electron chi connectivity index (χ0n) is 23.7. The van der Waals surface area contributed by atoms with E-state index in [4.69, 9.17) is 20.0 Å². The van der Waals surface area contributed by atoms with E-state index in [1.54, 1.807) is 18.4 Å². The Balaban J connectivity index is 1.25. The van der Waals surface area contributed by atoms with Crippen molar-refractivity contribution in [3.63, 3.8) is 0 Å². The number of aromatic nitrogens is 1. The number of hydrogen-bond acceptors (Lipinski definition) is 12. The summed E-state index contributed by atoms with van der Waals surface area (Å²) in [6, 6.07) is 17.6. The molecule has 5 rings (SSSR count). The second-order valence-corrected chi connectivity index (χ2v) is 11.6. The molecule has 228 valence electrons. The fraction of sp³-hybridized carbons (Fsp3) is 0.267. The number of oxime groups is 1. The number of nitrogens with one attached hydrogen (secondary N) is 1. The van der Waals surface area contributed by atoms with Crippen molar-refractivity contribution in [1.29, 1.82) is 0 Å². The Labute approximate surface area is 261 Å². The van der Waals surface area contributed by atoms with E-state index in [1.165, 1.54) is 23.8 Å². The van der Waals surface area contributed by atoms with Gasteiger partial charge in [-0.25, -0.2) is 14.6 Å². The summed E-state index contributed by atoms with van der Waals surface area (Å²) in [7, 11) is 1.28. The van der Waals surface area contributed by atoms with Gasteiger partial charge in [-0.05, 0) is 23.6 Å². The van der Waals surface area contributed by atoms with Crippen molar-refractivity contribution >= 4 is 57.7 Å². The van der Waals surface area contributed by atoms with E-state index in [2.05, 4.69) is 15.5 Å². The molecule has 1 saturated heterocycles. The number of esters is 2.